The van der Waals surface area contributed by atoms with Crippen LogP contribution in [0.25, 0.3) is 11.1 Å². The molecule has 2 aromatic rings. The number of carbonyl (C=O) groups excluding carboxylic acids is 1. The summed E-state index contributed by atoms with van der Waals surface area (Å²) in [5, 5.41) is 11.9. The average molecular weight is 320 g/mol. The van der Waals surface area contributed by atoms with Crippen molar-refractivity contribution < 1.29 is 4.79 Å². The Morgan fingerprint density at radius 3 is 2.67 bits per heavy atom. The molecule has 0 saturated carbocycles. The molecule has 5 heteroatoms. The number of amides is 2. The summed E-state index contributed by atoms with van der Waals surface area (Å²) in [6.45, 7) is 1.31. The molecule has 122 valence electrons. The zero-order valence-corrected chi connectivity index (χ0v) is 13.6. The number of hydrogen-bond acceptors (Lipinski definition) is 3. The van der Waals surface area contributed by atoms with Crippen LogP contribution in [0, 0.1) is 11.5 Å². The van der Waals surface area contributed by atoms with Crippen molar-refractivity contribution in [3.05, 3.63) is 54.6 Å². The van der Waals surface area contributed by atoms with Gasteiger partial charge < -0.3 is 15.1 Å². The highest BCUT2D eigenvalue weighted by atomic mass is 16.2. The first-order valence-electron chi connectivity index (χ1n) is 8.01. The Balaban J connectivity index is 1.68. The number of carbonyl (C=O) groups is 1. The number of hydrogen-bond donors (Lipinski definition) is 1. The minimum absolute atomic E-state index is 0.0713. The Hall–Kier alpha value is -3.00. The van der Waals surface area contributed by atoms with Gasteiger partial charge in [0.1, 0.15) is 0 Å². The van der Waals surface area contributed by atoms with Gasteiger partial charge in [-0.05, 0) is 29.7 Å². The Labute approximate surface area is 142 Å². The van der Waals surface area contributed by atoms with Crippen molar-refractivity contribution in [2.24, 2.45) is 0 Å². The first-order chi connectivity index (χ1) is 11.7. The van der Waals surface area contributed by atoms with Crippen LogP contribution in [0.2, 0.25) is 0 Å². The molecule has 2 aromatic carbocycles. The maximum absolute atomic E-state index is 12.5. The molecular weight excluding hydrogens is 300 g/mol. The van der Waals surface area contributed by atoms with Crippen LogP contribution >= 0.6 is 0 Å². The molecule has 2 amide bonds. The smallest absolute Gasteiger partial charge is 0.321 e. The number of urea groups is 1. The van der Waals surface area contributed by atoms with E-state index < -0.39 is 0 Å². The summed E-state index contributed by atoms with van der Waals surface area (Å²) in [5.74, 6) is 0. The van der Waals surface area contributed by atoms with Gasteiger partial charge in [0.05, 0.1) is 6.04 Å². The molecule has 3 rings (SSSR count). The normalized spacial score (nSPS) is 16.5. The summed E-state index contributed by atoms with van der Waals surface area (Å²) in [7, 11) is 1.78. The van der Waals surface area contributed by atoms with E-state index in [0.717, 1.165) is 23.2 Å². The number of likely N-dealkylation sites (tertiary alicyclic amines) is 1. The second kappa shape index (κ2) is 7.05. The zero-order chi connectivity index (χ0) is 16.9. The molecule has 1 aliphatic rings. The molecule has 0 radical (unpaired) electrons. The molecule has 0 aromatic heterocycles. The monoisotopic (exact) mass is 320 g/mol. The predicted octanol–water partition coefficient (Wildman–Crippen LogP) is 3.37. The number of anilines is 1. The first kappa shape index (κ1) is 15.9. The summed E-state index contributed by atoms with van der Waals surface area (Å²) < 4.78 is 0. The summed E-state index contributed by atoms with van der Waals surface area (Å²) in [4.78, 5) is 15.8. The third-order valence-electron chi connectivity index (χ3n) is 4.39. The van der Waals surface area contributed by atoms with Gasteiger partial charge in [-0.25, -0.2) is 4.79 Å². The van der Waals surface area contributed by atoms with Crippen molar-refractivity contribution in [1.29, 1.82) is 5.26 Å². The highest BCUT2D eigenvalue weighted by Crippen LogP contribution is 2.23. The van der Waals surface area contributed by atoms with E-state index in [1.165, 1.54) is 0 Å². The minimum Gasteiger partial charge on any atom is -0.323 e. The van der Waals surface area contributed by atoms with Crippen molar-refractivity contribution >= 4 is 11.7 Å². The number of benzene rings is 2. The van der Waals surface area contributed by atoms with E-state index in [2.05, 4.69) is 11.5 Å². The van der Waals surface area contributed by atoms with Gasteiger partial charge in [0.25, 0.3) is 0 Å². The van der Waals surface area contributed by atoms with E-state index in [1.54, 1.807) is 16.8 Å². The van der Waals surface area contributed by atoms with Crippen LogP contribution in [0.3, 0.4) is 0 Å². The Kier molecular flexibility index (Phi) is 4.66. The molecule has 1 heterocycles. The second-order valence-corrected chi connectivity index (χ2v) is 5.98. The molecule has 5 nitrogen and oxygen atoms in total. The maximum atomic E-state index is 12.5. The number of nitrogens with zero attached hydrogens (tertiary/aromatic N) is 3. The molecule has 1 unspecified atom stereocenters. The van der Waals surface area contributed by atoms with Crippen molar-refractivity contribution in [2.45, 2.75) is 12.5 Å². The van der Waals surface area contributed by atoms with Gasteiger partial charge in [0, 0.05) is 25.8 Å². The van der Waals surface area contributed by atoms with Crippen LogP contribution in [0.5, 0.6) is 0 Å². The SMILES string of the molecule is CN(C(=O)Nc1cccc(-c2ccccc2)c1)C1CCN(C#N)C1. The zero-order valence-electron chi connectivity index (χ0n) is 13.6. The van der Waals surface area contributed by atoms with E-state index in [9.17, 15) is 4.79 Å². The molecule has 1 saturated heterocycles. The second-order valence-electron chi connectivity index (χ2n) is 5.98. The Morgan fingerprint density at radius 2 is 1.96 bits per heavy atom. The fourth-order valence-corrected chi connectivity index (χ4v) is 2.93. The lowest BCUT2D eigenvalue weighted by Crippen LogP contribution is -2.41. The lowest BCUT2D eigenvalue weighted by molar-refractivity contribution is 0.205. The standard InChI is InChI=1S/C19H20N4O/c1-22(18-10-11-23(13-18)14-20)19(24)21-17-9-5-8-16(12-17)15-6-3-2-4-7-15/h2-9,12,18H,10-11,13H2,1H3,(H,21,24). The number of rotatable bonds is 3. The van der Waals surface area contributed by atoms with E-state index >= 15 is 0 Å². The van der Waals surface area contributed by atoms with Crippen LogP contribution in [0.1, 0.15) is 6.42 Å². The molecule has 1 N–H and O–H groups in total. The highest BCUT2D eigenvalue weighted by Gasteiger charge is 2.27. The van der Waals surface area contributed by atoms with E-state index in [1.807, 2.05) is 54.6 Å². The first-order valence-corrected chi connectivity index (χ1v) is 8.01. The van der Waals surface area contributed by atoms with Crippen molar-refractivity contribution in [3.63, 3.8) is 0 Å². The van der Waals surface area contributed by atoms with E-state index in [-0.39, 0.29) is 12.1 Å². The third kappa shape index (κ3) is 3.49. The van der Waals surface area contributed by atoms with E-state index in [0.29, 0.717) is 13.1 Å². The van der Waals surface area contributed by atoms with Gasteiger partial charge in [-0.2, -0.15) is 5.26 Å². The maximum Gasteiger partial charge on any atom is 0.321 e. The van der Waals surface area contributed by atoms with Crippen molar-refractivity contribution in [2.75, 3.05) is 25.5 Å². The molecule has 0 bridgehead atoms. The quantitative estimate of drug-likeness (QED) is 0.882. The van der Waals surface area contributed by atoms with Crippen molar-refractivity contribution in [1.82, 2.24) is 9.80 Å². The Morgan fingerprint density at radius 1 is 1.21 bits per heavy atom. The molecule has 0 aliphatic carbocycles. The fourth-order valence-electron chi connectivity index (χ4n) is 2.93. The number of nitriles is 1. The average Bonchev–Trinajstić information content (AvgIpc) is 3.11. The van der Waals surface area contributed by atoms with Crippen molar-refractivity contribution in [3.8, 4) is 17.3 Å². The molecule has 1 aliphatic heterocycles. The minimum atomic E-state index is -0.148. The molecular formula is C19H20N4O. The fraction of sp³-hybridized carbons (Fsp3) is 0.263. The van der Waals surface area contributed by atoms with Gasteiger partial charge in [0.2, 0.25) is 0 Å². The van der Waals surface area contributed by atoms with E-state index in [4.69, 9.17) is 5.26 Å². The molecule has 24 heavy (non-hydrogen) atoms. The van der Waals surface area contributed by atoms with Crippen LogP contribution < -0.4 is 5.32 Å². The third-order valence-corrected chi connectivity index (χ3v) is 4.39. The number of likely N-dealkylation sites (N-methyl/N-ethyl adjacent to an activating group) is 1. The van der Waals surface area contributed by atoms with Gasteiger partial charge in [-0.15, -0.1) is 0 Å². The largest absolute Gasteiger partial charge is 0.323 e. The van der Waals surface area contributed by atoms with Crippen LogP contribution in [0.15, 0.2) is 54.6 Å². The molecule has 0 spiro atoms. The van der Waals surface area contributed by atoms with Gasteiger partial charge in [-0.3, -0.25) is 0 Å². The van der Waals surface area contributed by atoms with Gasteiger partial charge in [0.15, 0.2) is 6.19 Å². The topological polar surface area (TPSA) is 59.4 Å². The molecule has 1 atom stereocenters. The van der Waals surface area contributed by atoms with Crippen LogP contribution in [-0.2, 0) is 0 Å². The van der Waals surface area contributed by atoms with Gasteiger partial charge in [-0.1, -0.05) is 42.5 Å². The summed E-state index contributed by atoms with van der Waals surface area (Å²) in [6.07, 6.45) is 2.96. The Bertz CT molecular complexity index is 753. The van der Waals surface area contributed by atoms with Crippen LogP contribution in [-0.4, -0.2) is 42.0 Å². The number of nitrogens with one attached hydrogen (secondary N) is 1. The summed E-state index contributed by atoms with van der Waals surface area (Å²) >= 11 is 0. The summed E-state index contributed by atoms with van der Waals surface area (Å²) in [5.41, 5.74) is 2.94. The predicted molar refractivity (Wildman–Crippen MR) is 94.3 cm³/mol. The molecule has 1 fully saturated rings. The lowest BCUT2D eigenvalue weighted by Gasteiger charge is -2.24. The lowest BCUT2D eigenvalue weighted by atomic mass is 10.1. The summed E-state index contributed by atoms with van der Waals surface area (Å²) in [6, 6.07) is 17.8. The van der Waals surface area contributed by atoms with Gasteiger partial charge >= 0.3 is 6.03 Å². The van der Waals surface area contributed by atoms with Crippen LogP contribution in [0.4, 0.5) is 10.5 Å². The highest BCUT2D eigenvalue weighted by molar-refractivity contribution is 5.90.